The van der Waals surface area contributed by atoms with Crippen LogP contribution in [0.4, 0.5) is 0 Å². The van der Waals surface area contributed by atoms with Crippen LogP contribution in [-0.4, -0.2) is 5.11 Å². The standard InChI is InChI=1S/C10H10O/c1-3-4-9-5-6-10(11)8(2)7-9/h1,5-7,11H,4H2,2H3. The van der Waals surface area contributed by atoms with Crippen LogP contribution in [-0.2, 0) is 6.42 Å². The van der Waals surface area contributed by atoms with Crippen LogP contribution < -0.4 is 0 Å². The molecule has 0 fully saturated rings. The predicted molar refractivity (Wildman–Crippen MR) is 45.4 cm³/mol. The van der Waals surface area contributed by atoms with Gasteiger partial charge in [0.15, 0.2) is 0 Å². The zero-order valence-corrected chi connectivity index (χ0v) is 6.46. The molecule has 11 heavy (non-hydrogen) atoms. The van der Waals surface area contributed by atoms with Gasteiger partial charge in [0.2, 0.25) is 0 Å². The lowest BCUT2D eigenvalue weighted by Gasteiger charge is -1.99. The Kier molecular flexibility index (Phi) is 2.18. The Morgan fingerprint density at radius 2 is 2.27 bits per heavy atom. The van der Waals surface area contributed by atoms with Crippen LogP contribution in [0.5, 0.6) is 5.75 Å². The Bertz CT molecular complexity index is 294. The molecular weight excluding hydrogens is 136 g/mol. The van der Waals surface area contributed by atoms with E-state index in [0.717, 1.165) is 11.1 Å². The molecule has 0 aliphatic carbocycles. The SMILES string of the molecule is C#CCc1ccc(O)c(C)c1. The van der Waals surface area contributed by atoms with Crippen molar-refractivity contribution in [3.63, 3.8) is 0 Å². The molecule has 0 heterocycles. The third-order valence-corrected chi connectivity index (χ3v) is 1.57. The summed E-state index contributed by atoms with van der Waals surface area (Å²) in [5.74, 6) is 2.87. The minimum absolute atomic E-state index is 0.325. The maximum absolute atomic E-state index is 9.16. The van der Waals surface area contributed by atoms with Gasteiger partial charge in [-0.05, 0) is 24.1 Å². The Morgan fingerprint density at radius 3 is 2.82 bits per heavy atom. The Labute approximate surface area is 66.7 Å². The monoisotopic (exact) mass is 146 g/mol. The van der Waals surface area contributed by atoms with Crippen molar-refractivity contribution in [2.45, 2.75) is 13.3 Å². The molecule has 0 saturated heterocycles. The Morgan fingerprint density at radius 1 is 1.55 bits per heavy atom. The summed E-state index contributed by atoms with van der Waals surface area (Å²) < 4.78 is 0. The Balaban J connectivity index is 2.98. The van der Waals surface area contributed by atoms with Crippen molar-refractivity contribution in [1.82, 2.24) is 0 Å². The van der Waals surface area contributed by atoms with Crippen LogP contribution in [0, 0.1) is 19.3 Å². The highest BCUT2D eigenvalue weighted by atomic mass is 16.3. The van der Waals surface area contributed by atoms with Crippen molar-refractivity contribution < 1.29 is 5.11 Å². The van der Waals surface area contributed by atoms with Gasteiger partial charge in [0.1, 0.15) is 5.75 Å². The molecule has 0 aromatic heterocycles. The van der Waals surface area contributed by atoms with Crippen LogP contribution in [0.2, 0.25) is 0 Å². The van der Waals surface area contributed by atoms with Crippen LogP contribution in [0.1, 0.15) is 11.1 Å². The topological polar surface area (TPSA) is 20.2 Å². The first-order valence-corrected chi connectivity index (χ1v) is 3.46. The average Bonchev–Trinajstić information content (AvgIpc) is 1.98. The fourth-order valence-electron chi connectivity index (χ4n) is 0.945. The van der Waals surface area contributed by atoms with E-state index >= 15 is 0 Å². The van der Waals surface area contributed by atoms with E-state index in [9.17, 15) is 0 Å². The maximum atomic E-state index is 9.16. The van der Waals surface area contributed by atoms with Crippen LogP contribution in [0.3, 0.4) is 0 Å². The van der Waals surface area contributed by atoms with E-state index in [4.69, 9.17) is 11.5 Å². The second kappa shape index (κ2) is 3.12. The van der Waals surface area contributed by atoms with Gasteiger partial charge in [0.05, 0.1) is 0 Å². The normalized spacial score (nSPS) is 9.09. The molecule has 0 spiro atoms. The molecule has 0 bridgehead atoms. The molecule has 0 aliphatic heterocycles. The van der Waals surface area contributed by atoms with Crippen LogP contribution >= 0.6 is 0 Å². The number of aryl methyl sites for hydroxylation is 1. The van der Waals surface area contributed by atoms with Crippen molar-refractivity contribution in [2.75, 3.05) is 0 Å². The summed E-state index contributed by atoms with van der Waals surface area (Å²) in [5, 5.41) is 9.16. The molecule has 0 atom stereocenters. The molecule has 56 valence electrons. The molecular formula is C10H10O. The van der Waals surface area contributed by atoms with Gasteiger partial charge in [-0.3, -0.25) is 0 Å². The zero-order chi connectivity index (χ0) is 8.27. The summed E-state index contributed by atoms with van der Waals surface area (Å²) in [7, 11) is 0. The first kappa shape index (κ1) is 7.68. The van der Waals surface area contributed by atoms with Gasteiger partial charge in [0.25, 0.3) is 0 Å². The third kappa shape index (κ3) is 1.75. The fourth-order valence-corrected chi connectivity index (χ4v) is 0.945. The number of terminal acetylenes is 1. The minimum atomic E-state index is 0.325. The summed E-state index contributed by atoms with van der Waals surface area (Å²) in [4.78, 5) is 0. The van der Waals surface area contributed by atoms with E-state index in [-0.39, 0.29) is 0 Å². The first-order valence-electron chi connectivity index (χ1n) is 3.46. The van der Waals surface area contributed by atoms with Gasteiger partial charge < -0.3 is 5.11 Å². The number of aromatic hydroxyl groups is 1. The second-order valence-electron chi connectivity index (χ2n) is 2.50. The summed E-state index contributed by atoms with van der Waals surface area (Å²) in [6, 6.07) is 5.40. The van der Waals surface area contributed by atoms with E-state index in [1.165, 1.54) is 0 Å². The lowest BCUT2D eigenvalue weighted by molar-refractivity contribution is 0.471. The summed E-state index contributed by atoms with van der Waals surface area (Å²) in [6.07, 6.45) is 5.76. The number of benzene rings is 1. The largest absolute Gasteiger partial charge is 0.508 e. The lowest BCUT2D eigenvalue weighted by atomic mass is 10.1. The van der Waals surface area contributed by atoms with Crippen LogP contribution in [0.25, 0.3) is 0 Å². The van der Waals surface area contributed by atoms with Crippen LogP contribution in [0.15, 0.2) is 18.2 Å². The van der Waals surface area contributed by atoms with Gasteiger partial charge in [-0.2, -0.15) is 0 Å². The number of phenols is 1. The van der Waals surface area contributed by atoms with Gasteiger partial charge in [0, 0.05) is 6.42 Å². The molecule has 1 aromatic carbocycles. The van der Waals surface area contributed by atoms with Gasteiger partial charge in [-0.1, -0.05) is 12.1 Å². The summed E-state index contributed by atoms with van der Waals surface area (Å²) in [5.41, 5.74) is 1.94. The molecule has 0 aliphatic rings. The third-order valence-electron chi connectivity index (χ3n) is 1.57. The summed E-state index contributed by atoms with van der Waals surface area (Å²) in [6.45, 7) is 1.86. The van der Waals surface area contributed by atoms with Crippen molar-refractivity contribution in [2.24, 2.45) is 0 Å². The van der Waals surface area contributed by atoms with E-state index in [0.29, 0.717) is 12.2 Å². The zero-order valence-electron chi connectivity index (χ0n) is 6.46. The highest BCUT2D eigenvalue weighted by Crippen LogP contribution is 2.16. The number of hydrogen-bond donors (Lipinski definition) is 1. The van der Waals surface area contributed by atoms with Crippen molar-refractivity contribution in [3.8, 4) is 18.1 Å². The maximum Gasteiger partial charge on any atom is 0.118 e. The first-order chi connectivity index (χ1) is 5.24. The predicted octanol–water partition coefficient (Wildman–Crippen LogP) is 1.88. The molecule has 1 N–H and O–H groups in total. The summed E-state index contributed by atoms with van der Waals surface area (Å²) >= 11 is 0. The molecule has 0 radical (unpaired) electrons. The highest BCUT2D eigenvalue weighted by molar-refractivity contribution is 5.36. The molecule has 1 nitrogen and oxygen atoms in total. The molecule has 1 heteroatoms. The molecule has 1 rings (SSSR count). The number of phenolic OH excluding ortho intramolecular Hbond substituents is 1. The van der Waals surface area contributed by atoms with Gasteiger partial charge in [-0.15, -0.1) is 12.3 Å². The van der Waals surface area contributed by atoms with E-state index in [2.05, 4.69) is 5.92 Å². The van der Waals surface area contributed by atoms with Crippen molar-refractivity contribution in [3.05, 3.63) is 29.3 Å². The van der Waals surface area contributed by atoms with Gasteiger partial charge in [-0.25, -0.2) is 0 Å². The average molecular weight is 146 g/mol. The quantitative estimate of drug-likeness (QED) is 0.600. The minimum Gasteiger partial charge on any atom is -0.508 e. The fraction of sp³-hybridized carbons (Fsp3) is 0.200. The Hall–Kier alpha value is -1.42. The second-order valence-corrected chi connectivity index (χ2v) is 2.50. The number of rotatable bonds is 1. The highest BCUT2D eigenvalue weighted by Gasteiger charge is 1.95. The number of hydrogen-bond acceptors (Lipinski definition) is 1. The smallest absolute Gasteiger partial charge is 0.118 e. The van der Waals surface area contributed by atoms with E-state index in [1.54, 1.807) is 6.07 Å². The van der Waals surface area contributed by atoms with E-state index < -0.39 is 0 Å². The van der Waals surface area contributed by atoms with Crippen molar-refractivity contribution in [1.29, 1.82) is 0 Å². The molecule has 0 unspecified atom stereocenters. The molecule has 0 saturated carbocycles. The lowest BCUT2D eigenvalue weighted by Crippen LogP contribution is -1.82. The van der Waals surface area contributed by atoms with Crippen molar-refractivity contribution >= 4 is 0 Å². The molecule has 0 amide bonds. The van der Waals surface area contributed by atoms with E-state index in [1.807, 2.05) is 19.1 Å². The molecule has 1 aromatic rings. The van der Waals surface area contributed by atoms with Gasteiger partial charge >= 0.3 is 0 Å².